The fraction of sp³-hybridized carbons (Fsp3) is 0.850. The van der Waals surface area contributed by atoms with Gasteiger partial charge in [-0.2, -0.15) is 0 Å². The predicted octanol–water partition coefficient (Wildman–Crippen LogP) is 4.09. The molecule has 1 amide bonds. The third-order valence-corrected chi connectivity index (χ3v) is 4.52. The normalized spacial score (nSPS) is 14.1. The fourth-order valence-electron chi connectivity index (χ4n) is 2.89. The second kappa shape index (κ2) is 17.0. The van der Waals surface area contributed by atoms with Crippen LogP contribution >= 0.6 is 0 Å². The van der Waals surface area contributed by atoms with E-state index >= 15 is 0 Å². The minimum Gasteiger partial charge on any atom is -0.396 e. The molecular formula is C20H39NO3. The van der Waals surface area contributed by atoms with Crippen molar-refractivity contribution in [1.82, 2.24) is 0 Å². The number of aliphatic hydroxyl groups excluding tert-OH is 2. The smallest absolute Gasteiger partial charge is 0.220 e. The summed E-state index contributed by atoms with van der Waals surface area (Å²) in [5.41, 5.74) is 5.31. The van der Waals surface area contributed by atoms with Crippen molar-refractivity contribution in [3.05, 3.63) is 12.2 Å². The first-order valence-corrected chi connectivity index (χ1v) is 9.85. The van der Waals surface area contributed by atoms with Crippen molar-refractivity contribution in [2.45, 2.75) is 96.5 Å². The van der Waals surface area contributed by atoms with Gasteiger partial charge in [0, 0.05) is 12.5 Å². The Bertz CT molecular complexity index is 318. The maximum Gasteiger partial charge on any atom is 0.220 e. The minimum absolute atomic E-state index is 0.0306. The molecule has 0 spiro atoms. The van der Waals surface area contributed by atoms with Crippen LogP contribution in [0.15, 0.2) is 12.2 Å². The molecule has 0 saturated heterocycles. The van der Waals surface area contributed by atoms with Gasteiger partial charge in [-0.05, 0) is 38.5 Å². The van der Waals surface area contributed by atoms with Crippen LogP contribution in [-0.2, 0) is 4.79 Å². The molecule has 0 aromatic carbocycles. The Morgan fingerprint density at radius 2 is 1.62 bits per heavy atom. The van der Waals surface area contributed by atoms with Crippen molar-refractivity contribution in [3.63, 3.8) is 0 Å². The summed E-state index contributed by atoms with van der Waals surface area (Å²) in [5.74, 6) is -0.464. The lowest BCUT2D eigenvalue weighted by Gasteiger charge is -2.11. The number of carbonyl (C=O) groups is 1. The molecule has 4 nitrogen and oxygen atoms in total. The average molecular weight is 342 g/mol. The highest BCUT2D eigenvalue weighted by atomic mass is 16.3. The van der Waals surface area contributed by atoms with Gasteiger partial charge in [-0.1, -0.05) is 64.0 Å². The standard InChI is InChI=1S/C20H39NO3/c1-2-3-4-11-14-19(23)15-12-9-7-5-6-8-10-13-18(16-17-22)20(21)24/h9,12,18-19,22-23H,2-8,10-11,13-17H2,1H3,(H2,21,24)/b12-9-/t18?,19-/m1/s1. The third-order valence-electron chi connectivity index (χ3n) is 4.52. The number of carbonyl (C=O) groups excluding carboxylic acids is 1. The van der Waals surface area contributed by atoms with E-state index in [1.807, 2.05) is 0 Å². The SMILES string of the molecule is CCCCCC[C@@H](O)C/C=C\CCCCCCC(CCO)C(N)=O. The van der Waals surface area contributed by atoms with E-state index in [4.69, 9.17) is 10.8 Å². The lowest BCUT2D eigenvalue weighted by atomic mass is 9.97. The van der Waals surface area contributed by atoms with Gasteiger partial charge in [0.1, 0.15) is 0 Å². The van der Waals surface area contributed by atoms with Crippen LogP contribution in [0.3, 0.4) is 0 Å². The third kappa shape index (κ3) is 14.7. The molecular weight excluding hydrogens is 302 g/mol. The first-order chi connectivity index (χ1) is 11.6. The summed E-state index contributed by atoms with van der Waals surface area (Å²) >= 11 is 0. The van der Waals surface area contributed by atoms with E-state index in [9.17, 15) is 9.90 Å². The van der Waals surface area contributed by atoms with Crippen LogP contribution in [0.25, 0.3) is 0 Å². The van der Waals surface area contributed by atoms with Gasteiger partial charge in [0.05, 0.1) is 6.10 Å². The molecule has 0 radical (unpaired) electrons. The first-order valence-electron chi connectivity index (χ1n) is 9.85. The molecule has 0 aliphatic heterocycles. The van der Waals surface area contributed by atoms with E-state index in [1.54, 1.807) is 0 Å². The number of primary amides is 1. The van der Waals surface area contributed by atoms with Gasteiger partial charge in [0.15, 0.2) is 0 Å². The highest BCUT2D eigenvalue weighted by Crippen LogP contribution is 2.15. The molecule has 0 aromatic heterocycles. The number of rotatable bonds is 17. The average Bonchev–Trinajstić information content (AvgIpc) is 2.56. The number of aliphatic hydroxyl groups is 2. The number of hydrogen-bond donors (Lipinski definition) is 3. The van der Waals surface area contributed by atoms with Crippen LogP contribution < -0.4 is 5.73 Å². The quantitative estimate of drug-likeness (QED) is 0.275. The molecule has 0 rings (SSSR count). The summed E-state index contributed by atoms with van der Waals surface area (Å²) in [6.45, 7) is 2.23. The molecule has 4 N–H and O–H groups in total. The van der Waals surface area contributed by atoms with Gasteiger partial charge < -0.3 is 15.9 Å². The zero-order chi connectivity index (χ0) is 18.0. The van der Waals surface area contributed by atoms with Gasteiger partial charge in [0.2, 0.25) is 5.91 Å². The number of hydrogen-bond acceptors (Lipinski definition) is 3. The van der Waals surface area contributed by atoms with E-state index in [0.29, 0.717) is 6.42 Å². The molecule has 0 bridgehead atoms. The second-order valence-corrected chi connectivity index (χ2v) is 6.81. The number of amides is 1. The second-order valence-electron chi connectivity index (χ2n) is 6.81. The monoisotopic (exact) mass is 341 g/mol. The predicted molar refractivity (Wildman–Crippen MR) is 101 cm³/mol. The van der Waals surface area contributed by atoms with Crippen LogP contribution in [0.5, 0.6) is 0 Å². The summed E-state index contributed by atoms with van der Waals surface area (Å²) in [4.78, 5) is 11.2. The number of unbranched alkanes of at least 4 members (excludes halogenated alkanes) is 7. The number of allylic oxidation sites excluding steroid dienone is 1. The largest absolute Gasteiger partial charge is 0.396 e. The molecule has 2 atom stereocenters. The van der Waals surface area contributed by atoms with Gasteiger partial charge in [0.25, 0.3) is 0 Å². The summed E-state index contributed by atoms with van der Waals surface area (Å²) in [5, 5.41) is 18.7. The Labute approximate surface area is 148 Å². The van der Waals surface area contributed by atoms with Gasteiger partial charge in [-0.25, -0.2) is 0 Å². The van der Waals surface area contributed by atoms with Gasteiger partial charge >= 0.3 is 0 Å². The lowest BCUT2D eigenvalue weighted by molar-refractivity contribution is -0.122. The van der Waals surface area contributed by atoms with Crippen molar-refractivity contribution < 1.29 is 15.0 Å². The topological polar surface area (TPSA) is 83.6 Å². The molecule has 4 heteroatoms. The van der Waals surface area contributed by atoms with Crippen LogP contribution in [0.1, 0.15) is 90.4 Å². The summed E-state index contributed by atoms with van der Waals surface area (Å²) in [7, 11) is 0. The zero-order valence-corrected chi connectivity index (χ0v) is 15.6. The molecule has 0 saturated carbocycles. The first kappa shape index (κ1) is 23.1. The molecule has 142 valence electrons. The molecule has 24 heavy (non-hydrogen) atoms. The van der Waals surface area contributed by atoms with Crippen LogP contribution in [0.4, 0.5) is 0 Å². The molecule has 0 aromatic rings. The van der Waals surface area contributed by atoms with Gasteiger partial charge in [-0.3, -0.25) is 4.79 Å². The van der Waals surface area contributed by atoms with E-state index in [-0.39, 0.29) is 24.5 Å². The van der Waals surface area contributed by atoms with E-state index in [2.05, 4.69) is 19.1 Å². The Hall–Kier alpha value is -0.870. The Morgan fingerprint density at radius 1 is 0.958 bits per heavy atom. The highest BCUT2D eigenvalue weighted by Gasteiger charge is 2.13. The van der Waals surface area contributed by atoms with Crippen molar-refractivity contribution in [1.29, 1.82) is 0 Å². The lowest BCUT2D eigenvalue weighted by Crippen LogP contribution is -2.24. The van der Waals surface area contributed by atoms with Crippen molar-refractivity contribution in [3.8, 4) is 0 Å². The Kier molecular flexibility index (Phi) is 16.4. The Balaban J connectivity index is 3.47. The molecule has 0 aliphatic rings. The highest BCUT2D eigenvalue weighted by molar-refractivity contribution is 5.76. The molecule has 1 unspecified atom stereocenters. The molecule has 0 heterocycles. The summed E-state index contributed by atoms with van der Waals surface area (Å²) in [6.07, 6.45) is 17.4. The van der Waals surface area contributed by atoms with E-state index in [1.165, 1.54) is 19.3 Å². The zero-order valence-electron chi connectivity index (χ0n) is 15.6. The van der Waals surface area contributed by atoms with Gasteiger partial charge in [-0.15, -0.1) is 0 Å². The number of nitrogens with two attached hydrogens (primary N) is 1. The maximum atomic E-state index is 11.2. The minimum atomic E-state index is -0.291. The maximum absolute atomic E-state index is 11.2. The van der Waals surface area contributed by atoms with Crippen LogP contribution in [-0.4, -0.2) is 28.8 Å². The summed E-state index contributed by atoms with van der Waals surface area (Å²) < 4.78 is 0. The summed E-state index contributed by atoms with van der Waals surface area (Å²) in [6, 6.07) is 0. The van der Waals surface area contributed by atoms with Crippen molar-refractivity contribution in [2.75, 3.05) is 6.61 Å². The molecule has 0 fully saturated rings. The molecule has 0 aliphatic carbocycles. The van der Waals surface area contributed by atoms with E-state index < -0.39 is 0 Å². The Morgan fingerprint density at radius 3 is 2.29 bits per heavy atom. The fourth-order valence-corrected chi connectivity index (χ4v) is 2.89. The van der Waals surface area contributed by atoms with E-state index in [0.717, 1.165) is 57.8 Å². The van der Waals surface area contributed by atoms with Crippen LogP contribution in [0.2, 0.25) is 0 Å². The van der Waals surface area contributed by atoms with Crippen LogP contribution in [0, 0.1) is 5.92 Å². The van der Waals surface area contributed by atoms with Crippen molar-refractivity contribution in [2.24, 2.45) is 11.7 Å². The van der Waals surface area contributed by atoms with Crippen molar-refractivity contribution >= 4 is 5.91 Å².